The molecular formula is C9H11N5O2S. The van der Waals surface area contributed by atoms with Crippen LogP contribution in [0, 0.1) is 0 Å². The zero-order chi connectivity index (χ0) is 12.3. The highest BCUT2D eigenvalue weighted by Gasteiger charge is 2.13. The van der Waals surface area contributed by atoms with E-state index in [1.807, 2.05) is 22.9 Å². The van der Waals surface area contributed by atoms with Gasteiger partial charge in [0.15, 0.2) is 5.69 Å². The van der Waals surface area contributed by atoms with Gasteiger partial charge in [-0.05, 0) is 11.4 Å². The molecule has 0 aromatic carbocycles. The van der Waals surface area contributed by atoms with Crippen molar-refractivity contribution in [3.8, 4) is 0 Å². The van der Waals surface area contributed by atoms with E-state index < -0.39 is 12.0 Å². The van der Waals surface area contributed by atoms with Gasteiger partial charge in [0.2, 0.25) is 0 Å². The van der Waals surface area contributed by atoms with Crippen LogP contribution in [0.4, 0.5) is 0 Å². The van der Waals surface area contributed by atoms with E-state index in [0.717, 1.165) is 4.88 Å². The van der Waals surface area contributed by atoms with Crippen molar-refractivity contribution in [1.82, 2.24) is 20.4 Å². The Morgan fingerprint density at radius 1 is 1.71 bits per heavy atom. The largest absolute Gasteiger partial charge is 0.386 e. The lowest BCUT2D eigenvalue weighted by atomic mass is 10.3. The number of hydrazine groups is 1. The van der Waals surface area contributed by atoms with Gasteiger partial charge in [-0.2, -0.15) is 0 Å². The third-order valence-electron chi connectivity index (χ3n) is 2.13. The summed E-state index contributed by atoms with van der Waals surface area (Å²) in [7, 11) is 0. The minimum absolute atomic E-state index is 0.117. The van der Waals surface area contributed by atoms with Gasteiger partial charge in [0.1, 0.15) is 6.10 Å². The van der Waals surface area contributed by atoms with Gasteiger partial charge >= 0.3 is 0 Å². The molecular weight excluding hydrogens is 242 g/mol. The number of aliphatic hydroxyl groups excluding tert-OH is 1. The molecule has 0 unspecified atom stereocenters. The normalized spacial score (nSPS) is 12.4. The van der Waals surface area contributed by atoms with E-state index in [4.69, 9.17) is 5.84 Å². The predicted molar refractivity (Wildman–Crippen MR) is 61.0 cm³/mol. The first kappa shape index (κ1) is 11.7. The van der Waals surface area contributed by atoms with E-state index in [9.17, 15) is 9.90 Å². The van der Waals surface area contributed by atoms with Crippen molar-refractivity contribution in [2.45, 2.75) is 12.6 Å². The van der Waals surface area contributed by atoms with Gasteiger partial charge in [-0.1, -0.05) is 11.3 Å². The molecule has 0 aliphatic rings. The number of hydrogen-bond acceptors (Lipinski definition) is 6. The van der Waals surface area contributed by atoms with Crippen molar-refractivity contribution in [2.24, 2.45) is 5.84 Å². The number of nitrogens with two attached hydrogens (primary N) is 1. The Morgan fingerprint density at radius 2 is 2.53 bits per heavy atom. The quantitative estimate of drug-likeness (QED) is 0.393. The number of hydrogen-bond donors (Lipinski definition) is 3. The van der Waals surface area contributed by atoms with Crippen LogP contribution >= 0.6 is 11.3 Å². The maximum absolute atomic E-state index is 11.1. The second-order valence-electron chi connectivity index (χ2n) is 3.33. The van der Waals surface area contributed by atoms with Gasteiger partial charge in [0.25, 0.3) is 5.91 Å². The van der Waals surface area contributed by atoms with Crippen LogP contribution in [0.15, 0.2) is 23.7 Å². The number of thiophene rings is 1. The fourth-order valence-corrected chi connectivity index (χ4v) is 2.02. The Labute approximate surface area is 101 Å². The van der Waals surface area contributed by atoms with Gasteiger partial charge in [0, 0.05) is 4.88 Å². The van der Waals surface area contributed by atoms with Gasteiger partial charge in [-0.3, -0.25) is 10.2 Å². The highest BCUT2D eigenvalue weighted by Crippen LogP contribution is 2.19. The first-order valence-electron chi connectivity index (χ1n) is 4.83. The summed E-state index contributed by atoms with van der Waals surface area (Å²) >= 11 is 1.46. The third-order valence-corrected chi connectivity index (χ3v) is 3.11. The number of carbonyl (C=O) groups excluding carboxylic acids is 1. The topological polar surface area (TPSA) is 106 Å². The summed E-state index contributed by atoms with van der Waals surface area (Å²) < 4.78 is 1.40. The highest BCUT2D eigenvalue weighted by molar-refractivity contribution is 7.10. The van der Waals surface area contributed by atoms with Gasteiger partial charge < -0.3 is 5.11 Å². The molecule has 0 aliphatic carbocycles. The fraction of sp³-hybridized carbons (Fsp3) is 0.222. The van der Waals surface area contributed by atoms with Crippen LogP contribution in [0.3, 0.4) is 0 Å². The molecule has 17 heavy (non-hydrogen) atoms. The maximum Gasteiger partial charge on any atom is 0.287 e. The Hall–Kier alpha value is -1.77. The summed E-state index contributed by atoms with van der Waals surface area (Å²) in [6, 6.07) is 3.69. The molecule has 0 spiro atoms. The Morgan fingerprint density at radius 3 is 3.18 bits per heavy atom. The lowest BCUT2D eigenvalue weighted by Crippen LogP contribution is -2.30. The molecule has 2 rings (SSSR count). The minimum atomic E-state index is -0.662. The second-order valence-corrected chi connectivity index (χ2v) is 4.31. The average molecular weight is 253 g/mol. The number of aromatic nitrogens is 3. The van der Waals surface area contributed by atoms with Gasteiger partial charge in [0.05, 0.1) is 12.7 Å². The molecule has 2 aromatic rings. The molecule has 0 bridgehead atoms. The second kappa shape index (κ2) is 5.04. The zero-order valence-electron chi connectivity index (χ0n) is 8.78. The molecule has 90 valence electrons. The third kappa shape index (κ3) is 2.67. The van der Waals surface area contributed by atoms with E-state index in [1.165, 1.54) is 22.2 Å². The Bertz CT molecular complexity index is 495. The first-order valence-corrected chi connectivity index (χ1v) is 5.71. The standard InChI is InChI=1S/C9H11N5O2S/c10-11-9(16)6-4-14(13-12-6)5-7(15)8-2-1-3-17-8/h1-4,7,15H,5,10H2,(H,11,16)/t7-/m1/s1. The van der Waals surface area contributed by atoms with E-state index in [2.05, 4.69) is 10.3 Å². The molecule has 8 heteroatoms. The zero-order valence-corrected chi connectivity index (χ0v) is 9.59. The smallest absolute Gasteiger partial charge is 0.287 e. The number of nitrogens with zero attached hydrogens (tertiary/aromatic N) is 3. The van der Waals surface area contributed by atoms with Crippen LogP contribution in [-0.4, -0.2) is 26.0 Å². The van der Waals surface area contributed by atoms with Crippen molar-refractivity contribution >= 4 is 17.2 Å². The number of rotatable bonds is 4. The molecule has 7 nitrogen and oxygen atoms in total. The molecule has 0 aliphatic heterocycles. The maximum atomic E-state index is 11.1. The van der Waals surface area contributed by atoms with E-state index in [0.29, 0.717) is 0 Å². The summed E-state index contributed by atoms with van der Waals surface area (Å²) in [5.74, 6) is 4.46. The number of amides is 1. The molecule has 2 heterocycles. The van der Waals surface area contributed by atoms with Crippen molar-refractivity contribution < 1.29 is 9.90 Å². The summed E-state index contributed by atoms with van der Waals surface area (Å²) in [5, 5.41) is 19.1. The average Bonchev–Trinajstić information content (AvgIpc) is 2.98. The van der Waals surface area contributed by atoms with Crippen LogP contribution < -0.4 is 11.3 Å². The van der Waals surface area contributed by atoms with Crippen molar-refractivity contribution in [1.29, 1.82) is 0 Å². The Kier molecular flexibility index (Phi) is 3.47. The van der Waals surface area contributed by atoms with Gasteiger partial charge in [-0.25, -0.2) is 10.5 Å². The fourth-order valence-electron chi connectivity index (χ4n) is 1.31. The minimum Gasteiger partial charge on any atom is -0.386 e. The lowest BCUT2D eigenvalue weighted by Gasteiger charge is -2.06. The van der Waals surface area contributed by atoms with E-state index in [1.54, 1.807) is 0 Å². The molecule has 0 fully saturated rings. The number of carbonyl (C=O) groups is 1. The number of aliphatic hydroxyl groups is 1. The van der Waals surface area contributed by atoms with E-state index in [-0.39, 0.29) is 12.2 Å². The predicted octanol–water partition coefficient (Wildman–Crippen LogP) is -0.323. The lowest BCUT2D eigenvalue weighted by molar-refractivity contribution is 0.0948. The van der Waals surface area contributed by atoms with E-state index >= 15 is 0 Å². The summed E-state index contributed by atoms with van der Waals surface area (Å²) in [4.78, 5) is 12.0. The van der Waals surface area contributed by atoms with Gasteiger partial charge in [-0.15, -0.1) is 16.4 Å². The number of nitrogen functional groups attached to an aromatic ring is 1. The van der Waals surface area contributed by atoms with Crippen molar-refractivity contribution in [3.63, 3.8) is 0 Å². The van der Waals surface area contributed by atoms with Crippen LogP contribution in [0.1, 0.15) is 21.5 Å². The monoisotopic (exact) mass is 253 g/mol. The first-order chi connectivity index (χ1) is 8.20. The Balaban J connectivity index is 2.04. The highest BCUT2D eigenvalue weighted by atomic mass is 32.1. The van der Waals surface area contributed by atoms with Crippen LogP contribution in [0.25, 0.3) is 0 Å². The van der Waals surface area contributed by atoms with Crippen molar-refractivity contribution in [2.75, 3.05) is 0 Å². The molecule has 0 saturated carbocycles. The summed E-state index contributed by atoms with van der Waals surface area (Å²) in [6.45, 7) is 0.241. The summed E-state index contributed by atoms with van der Waals surface area (Å²) in [5.41, 5.74) is 2.08. The number of nitrogens with one attached hydrogen (secondary N) is 1. The SMILES string of the molecule is NNC(=O)c1cn(C[C@@H](O)c2cccs2)nn1. The molecule has 1 atom stereocenters. The summed E-state index contributed by atoms with van der Waals surface area (Å²) in [6.07, 6.45) is 0.768. The van der Waals surface area contributed by atoms with Crippen LogP contribution in [-0.2, 0) is 6.54 Å². The van der Waals surface area contributed by atoms with Crippen LogP contribution in [0.2, 0.25) is 0 Å². The van der Waals surface area contributed by atoms with Crippen molar-refractivity contribution in [3.05, 3.63) is 34.3 Å². The molecule has 0 saturated heterocycles. The molecule has 4 N–H and O–H groups in total. The molecule has 1 amide bonds. The molecule has 2 aromatic heterocycles. The van der Waals surface area contributed by atoms with Crippen LogP contribution in [0.5, 0.6) is 0 Å². The molecule has 0 radical (unpaired) electrons.